The zero-order chi connectivity index (χ0) is 16.0. The summed E-state index contributed by atoms with van der Waals surface area (Å²) in [6.45, 7) is 0. The summed E-state index contributed by atoms with van der Waals surface area (Å²) in [6.07, 6.45) is 0.585. The van der Waals surface area contributed by atoms with Crippen LogP contribution in [0.1, 0.15) is 11.1 Å². The third-order valence-corrected chi connectivity index (χ3v) is 4.31. The average molecular weight is 299 g/mol. The third kappa shape index (κ3) is 1.91. The summed E-state index contributed by atoms with van der Waals surface area (Å²) >= 11 is 0. The maximum atomic E-state index is 12.7. The number of nitriles is 1. The molecule has 1 amide bonds. The van der Waals surface area contributed by atoms with E-state index >= 15 is 0 Å². The van der Waals surface area contributed by atoms with Crippen LogP contribution in [0.15, 0.2) is 59.1 Å². The zero-order valence-corrected chi connectivity index (χ0v) is 12.6. The van der Waals surface area contributed by atoms with Gasteiger partial charge in [0.05, 0.1) is 28.2 Å². The van der Waals surface area contributed by atoms with Gasteiger partial charge in [0.2, 0.25) is 0 Å². The van der Waals surface area contributed by atoms with Gasteiger partial charge in [-0.1, -0.05) is 36.4 Å². The third-order valence-electron chi connectivity index (χ3n) is 4.31. The van der Waals surface area contributed by atoms with E-state index in [1.54, 1.807) is 11.9 Å². The number of carbonyl (C=O) groups is 1. The molecule has 0 spiro atoms. The molecule has 4 nitrogen and oxygen atoms in total. The molecule has 0 atom stereocenters. The fourth-order valence-corrected chi connectivity index (χ4v) is 3.16. The molecular formula is C19H13N3O. The predicted octanol–water partition coefficient (Wildman–Crippen LogP) is 3.27. The van der Waals surface area contributed by atoms with Gasteiger partial charge in [0.25, 0.3) is 5.91 Å². The van der Waals surface area contributed by atoms with Crippen molar-refractivity contribution < 1.29 is 4.79 Å². The monoisotopic (exact) mass is 299 g/mol. The highest BCUT2D eigenvalue weighted by atomic mass is 16.2. The molecule has 2 aliphatic rings. The smallest absolute Gasteiger partial charge is 0.260 e. The number of likely N-dealkylation sites (N-methyl/N-ethyl adjacent to an activating group) is 1. The second-order valence-electron chi connectivity index (χ2n) is 5.61. The highest BCUT2D eigenvalue weighted by Crippen LogP contribution is 2.39. The largest absolute Gasteiger partial charge is 0.311 e. The number of fused-ring (bicyclic) bond motifs is 2. The lowest BCUT2D eigenvalue weighted by Crippen LogP contribution is -2.21. The van der Waals surface area contributed by atoms with E-state index in [4.69, 9.17) is 0 Å². The zero-order valence-electron chi connectivity index (χ0n) is 12.6. The van der Waals surface area contributed by atoms with Crippen molar-refractivity contribution in [3.8, 4) is 6.07 Å². The van der Waals surface area contributed by atoms with E-state index in [0.717, 1.165) is 22.5 Å². The summed E-state index contributed by atoms with van der Waals surface area (Å²) in [5.74, 6) is -0.151. The maximum Gasteiger partial charge on any atom is 0.260 e. The van der Waals surface area contributed by atoms with E-state index in [0.29, 0.717) is 23.3 Å². The second kappa shape index (κ2) is 4.92. The van der Waals surface area contributed by atoms with Crippen LogP contribution in [0.3, 0.4) is 0 Å². The lowest BCUT2D eigenvalue weighted by Gasteiger charge is -2.08. The first-order chi connectivity index (χ1) is 11.2. The molecule has 2 aliphatic heterocycles. The van der Waals surface area contributed by atoms with Gasteiger partial charge in [-0.25, -0.2) is 0 Å². The molecule has 110 valence electrons. The fourth-order valence-electron chi connectivity index (χ4n) is 3.16. The fraction of sp³-hybridized carbons (Fsp3) is 0.105. The molecule has 2 aromatic carbocycles. The molecule has 0 radical (unpaired) electrons. The summed E-state index contributed by atoms with van der Waals surface area (Å²) in [7, 11) is 1.73. The Morgan fingerprint density at radius 3 is 2.70 bits per heavy atom. The molecular weight excluding hydrogens is 286 g/mol. The van der Waals surface area contributed by atoms with E-state index < -0.39 is 0 Å². The van der Waals surface area contributed by atoms with Crippen LogP contribution in [0.2, 0.25) is 0 Å². The highest BCUT2D eigenvalue weighted by molar-refractivity contribution is 6.37. The number of aliphatic imine (C=N–C) groups is 1. The Morgan fingerprint density at radius 2 is 1.91 bits per heavy atom. The molecule has 0 aromatic heterocycles. The van der Waals surface area contributed by atoms with Crippen molar-refractivity contribution in [3.63, 3.8) is 0 Å². The van der Waals surface area contributed by atoms with Crippen LogP contribution >= 0.6 is 0 Å². The summed E-state index contributed by atoms with van der Waals surface area (Å²) in [5, 5.41) is 9.70. The molecule has 4 heteroatoms. The number of allylic oxidation sites excluding steroid dienone is 1. The van der Waals surface area contributed by atoms with E-state index in [1.165, 1.54) is 0 Å². The van der Waals surface area contributed by atoms with Crippen LogP contribution in [-0.2, 0) is 11.2 Å². The average Bonchev–Trinajstić information content (AvgIpc) is 3.11. The molecule has 0 fully saturated rings. The van der Waals surface area contributed by atoms with Crippen molar-refractivity contribution in [2.45, 2.75) is 6.42 Å². The van der Waals surface area contributed by atoms with Crippen LogP contribution < -0.4 is 4.90 Å². The number of carbonyl (C=O) groups excluding carboxylic acids is 1. The Kier molecular flexibility index (Phi) is 2.88. The predicted molar refractivity (Wildman–Crippen MR) is 89.6 cm³/mol. The molecule has 0 aliphatic carbocycles. The van der Waals surface area contributed by atoms with Crippen molar-refractivity contribution in [3.05, 3.63) is 65.2 Å². The van der Waals surface area contributed by atoms with E-state index in [1.807, 2.05) is 48.5 Å². The molecule has 0 saturated carbocycles. The van der Waals surface area contributed by atoms with Gasteiger partial charge in [-0.15, -0.1) is 0 Å². The lowest BCUT2D eigenvalue weighted by molar-refractivity contribution is -0.112. The minimum Gasteiger partial charge on any atom is -0.311 e. The van der Waals surface area contributed by atoms with Crippen molar-refractivity contribution in [2.75, 3.05) is 11.9 Å². The van der Waals surface area contributed by atoms with Crippen LogP contribution in [0.25, 0.3) is 5.57 Å². The number of nitrogens with zero attached hydrogens (tertiary/aromatic N) is 3. The van der Waals surface area contributed by atoms with Gasteiger partial charge in [0.15, 0.2) is 0 Å². The second-order valence-corrected chi connectivity index (χ2v) is 5.61. The van der Waals surface area contributed by atoms with E-state index in [2.05, 4.69) is 11.1 Å². The van der Waals surface area contributed by atoms with Gasteiger partial charge in [0, 0.05) is 19.0 Å². The molecule has 23 heavy (non-hydrogen) atoms. The minimum absolute atomic E-state index is 0.151. The topological polar surface area (TPSA) is 56.5 Å². The Bertz CT molecular complexity index is 947. The first-order valence-electron chi connectivity index (χ1n) is 7.38. The van der Waals surface area contributed by atoms with E-state index in [-0.39, 0.29) is 5.91 Å². The number of hydrogen-bond donors (Lipinski definition) is 0. The minimum atomic E-state index is -0.151. The number of para-hydroxylation sites is 2. The number of rotatable bonds is 1. The van der Waals surface area contributed by atoms with Gasteiger partial charge in [0.1, 0.15) is 6.07 Å². The molecule has 4 rings (SSSR count). The van der Waals surface area contributed by atoms with Gasteiger partial charge < -0.3 is 4.90 Å². The van der Waals surface area contributed by atoms with Crippen molar-refractivity contribution in [1.82, 2.24) is 0 Å². The Morgan fingerprint density at radius 1 is 1.17 bits per heavy atom. The molecule has 2 heterocycles. The first-order valence-corrected chi connectivity index (χ1v) is 7.38. The summed E-state index contributed by atoms with van der Waals surface area (Å²) in [5.41, 5.74) is 5.10. The maximum absolute atomic E-state index is 12.7. The molecule has 0 bridgehead atoms. The van der Waals surface area contributed by atoms with Gasteiger partial charge in [-0.2, -0.15) is 5.26 Å². The van der Waals surface area contributed by atoms with E-state index in [9.17, 15) is 10.1 Å². The van der Waals surface area contributed by atoms with Crippen LogP contribution in [0, 0.1) is 11.3 Å². The Labute approximate surface area is 134 Å². The summed E-state index contributed by atoms with van der Waals surface area (Å²) in [4.78, 5) is 18.8. The normalized spacial score (nSPS) is 17.5. The molecule has 0 unspecified atom stereocenters. The Balaban J connectivity index is 1.90. The number of hydrogen-bond acceptors (Lipinski definition) is 3. The van der Waals surface area contributed by atoms with Crippen LogP contribution in [-0.4, -0.2) is 18.7 Å². The van der Waals surface area contributed by atoms with Crippen molar-refractivity contribution in [1.29, 1.82) is 5.26 Å². The van der Waals surface area contributed by atoms with Gasteiger partial charge in [-0.05, 0) is 17.7 Å². The quantitative estimate of drug-likeness (QED) is 0.599. The summed E-state index contributed by atoms with van der Waals surface area (Å²) < 4.78 is 0. The number of anilines is 1. The van der Waals surface area contributed by atoms with Gasteiger partial charge >= 0.3 is 0 Å². The van der Waals surface area contributed by atoms with Crippen molar-refractivity contribution in [2.24, 2.45) is 4.99 Å². The van der Waals surface area contributed by atoms with Crippen LogP contribution in [0.4, 0.5) is 11.4 Å². The summed E-state index contributed by atoms with van der Waals surface area (Å²) in [6, 6.07) is 17.6. The van der Waals surface area contributed by atoms with Gasteiger partial charge in [-0.3, -0.25) is 9.79 Å². The highest BCUT2D eigenvalue weighted by Gasteiger charge is 2.34. The molecule has 0 N–H and O–H groups in total. The number of benzene rings is 2. The molecule has 2 aromatic rings. The standard InChI is InChI=1S/C19H13N3O/c1-22-17-9-5-3-7-13(17)18(19(22)23)14(11-20)16-10-12-6-2-4-8-15(12)21-16/h2-9H,10H2,1H3/b18-14-. The van der Waals surface area contributed by atoms with Crippen molar-refractivity contribution >= 4 is 28.6 Å². The first kappa shape index (κ1) is 13.5. The molecule has 0 saturated heterocycles. The Hall–Kier alpha value is -3.19. The number of amides is 1. The van der Waals surface area contributed by atoms with Crippen LogP contribution in [0.5, 0.6) is 0 Å². The lowest BCUT2D eigenvalue weighted by atomic mass is 9.96. The SMILES string of the molecule is CN1C(=O)/C(=C(/C#N)C2=Nc3ccccc3C2)c2ccccc21.